The highest BCUT2D eigenvalue weighted by atomic mass is 32.2. The monoisotopic (exact) mass is 262 g/mol. The molecule has 0 amide bonds. The van der Waals surface area contributed by atoms with E-state index in [0.29, 0.717) is 12.8 Å². The summed E-state index contributed by atoms with van der Waals surface area (Å²) >= 11 is 1.68. The van der Waals surface area contributed by atoms with Crippen molar-refractivity contribution in [3.8, 4) is 0 Å². The van der Waals surface area contributed by atoms with E-state index >= 15 is 0 Å². The van der Waals surface area contributed by atoms with Crippen LogP contribution in [0.25, 0.3) is 0 Å². The highest BCUT2D eigenvalue weighted by Gasteiger charge is 2.37. The van der Waals surface area contributed by atoms with E-state index in [2.05, 4.69) is 0 Å². The van der Waals surface area contributed by atoms with Gasteiger partial charge in [-0.3, -0.25) is 4.79 Å². The number of esters is 1. The fourth-order valence-corrected chi connectivity index (χ4v) is 2.00. The third-order valence-corrected chi connectivity index (χ3v) is 3.90. The van der Waals surface area contributed by atoms with Gasteiger partial charge >= 0.3 is 5.97 Å². The Morgan fingerprint density at radius 3 is 2.47 bits per heavy atom. The topological polar surface area (TPSA) is 46.5 Å². The first-order valence-electron chi connectivity index (χ1n) is 6.30. The van der Waals surface area contributed by atoms with Crippen molar-refractivity contribution in [3.05, 3.63) is 0 Å². The third-order valence-electron chi connectivity index (χ3n) is 3.25. The number of rotatable bonds is 8. The Labute approximate surface area is 109 Å². The van der Waals surface area contributed by atoms with Gasteiger partial charge in [0.05, 0.1) is 17.6 Å². The predicted octanol–water partition coefficient (Wildman–Crippen LogP) is 2.86. The van der Waals surface area contributed by atoms with Gasteiger partial charge < -0.3 is 9.84 Å². The van der Waals surface area contributed by atoms with Crippen LogP contribution in [0.2, 0.25) is 0 Å². The lowest BCUT2D eigenvalue weighted by Gasteiger charge is -2.31. The summed E-state index contributed by atoms with van der Waals surface area (Å²) in [4.78, 5) is 12.0. The Bertz CT molecular complexity index is 229. The van der Waals surface area contributed by atoms with Crippen molar-refractivity contribution in [2.75, 3.05) is 12.0 Å². The first kappa shape index (κ1) is 16.8. The van der Waals surface area contributed by atoms with Gasteiger partial charge in [-0.2, -0.15) is 11.8 Å². The van der Waals surface area contributed by atoms with E-state index in [-0.39, 0.29) is 12.1 Å². The molecule has 3 atom stereocenters. The van der Waals surface area contributed by atoms with Crippen LogP contribution < -0.4 is 0 Å². The molecule has 4 heteroatoms. The van der Waals surface area contributed by atoms with Crippen LogP contribution in [-0.2, 0) is 9.53 Å². The largest absolute Gasteiger partial charge is 0.462 e. The SMILES string of the molecule is CCC(C)OC(=O)C(CCSC)C(C)(O)CC. The number of aliphatic hydroxyl groups is 1. The van der Waals surface area contributed by atoms with E-state index in [9.17, 15) is 9.90 Å². The van der Waals surface area contributed by atoms with Crippen LogP contribution in [0, 0.1) is 5.92 Å². The lowest BCUT2D eigenvalue weighted by atomic mass is 9.85. The lowest BCUT2D eigenvalue weighted by molar-refractivity contribution is -0.163. The first-order chi connectivity index (χ1) is 7.88. The van der Waals surface area contributed by atoms with E-state index in [1.165, 1.54) is 0 Å². The van der Waals surface area contributed by atoms with Crippen molar-refractivity contribution in [3.63, 3.8) is 0 Å². The third kappa shape index (κ3) is 5.77. The van der Waals surface area contributed by atoms with Crippen LogP contribution in [0.1, 0.15) is 47.0 Å². The molecule has 0 spiro atoms. The van der Waals surface area contributed by atoms with E-state index in [4.69, 9.17) is 4.74 Å². The summed E-state index contributed by atoms with van der Waals surface area (Å²) < 4.78 is 5.34. The second-order valence-corrected chi connectivity index (χ2v) is 5.69. The fraction of sp³-hybridized carbons (Fsp3) is 0.923. The summed E-state index contributed by atoms with van der Waals surface area (Å²) in [7, 11) is 0. The average Bonchev–Trinajstić information content (AvgIpc) is 2.29. The summed E-state index contributed by atoms with van der Waals surface area (Å²) in [6, 6.07) is 0. The van der Waals surface area contributed by atoms with Crippen molar-refractivity contribution < 1.29 is 14.6 Å². The molecule has 17 heavy (non-hydrogen) atoms. The maximum atomic E-state index is 12.0. The van der Waals surface area contributed by atoms with E-state index < -0.39 is 11.5 Å². The van der Waals surface area contributed by atoms with Gasteiger partial charge in [-0.25, -0.2) is 0 Å². The molecule has 0 bridgehead atoms. The van der Waals surface area contributed by atoms with Crippen LogP contribution in [0.4, 0.5) is 0 Å². The molecular weight excluding hydrogens is 236 g/mol. The number of carbonyl (C=O) groups is 1. The molecule has 0 aliphatic carbocycles. The van der Waals surface area contributed by atoms with Crippen LogP contribution >= 0.6 is 11.8 Å². The van der Waals surface area contributed by atoms with Crippen LogP contribution in [0.15, 0.2) is 0 Å². The molecule has 0 aromatic rings. The highest BCUT2D eigenvalue weighted by molar-refractivity contribution is 7.98. The summed E-state index contributed by atoms with van der Waals surface area (Å²) in [6.45, 7) is 7.47. The molecule has 102 valence electrons. The van der Waals surface area contributed by atoms with Gasteiger partial charge in [-0.1, -0.05) is 13.8 Å². The van der Waals surface area contributed by atoms with Gasteiger partial charge in [0.1, 0.15) is 0 Å². The zero-order chi connectivity index (χ0) is 13.5. The minimum Gasteiger partial charge on any atom is -0.462 e. The van der Waals surface area contributed by atoms with E-state index in [1.807, 2.05) is 27.0 Å². The maximum absolute atomic E-state index is 12.0. The smallest absolute Gasteiger partial charge is 0.312 e. The molecular formula is C13H26O3S. The zero-order valence-corrected chi connectivity index (χ0v) is 12.5. The van der Waals surface area contributed by atoms with Gasteiger partial charge in [0.25, 0.3) is 0 Å². The van der Waals surface area contributed by atoms with Gasteiger partial charge in [0, 0.05) is 0 Å². The molecule has 0 saturated carbocycles. The second kappa shape index (κ2) is 7.98. The van der Waals surface area contributed by atoms with Crippen molar-refractivity contribution in [1.29, 1.82) is 0 Å². The van der Waals surface area contributed by atoms with Crippen molar-refractivity contribution in [2.24, 2.45) is 5.92 Å². The fourth-order valence-electron chi connectivity index (χ4n) is 1.53. The minimum absolute atomic E-state index is 0.0769. The highest BCUT2D eigenvalue weighted by Crippen LogP contribution is 2.27. The molecule has 1 N–H and O–H groups in total. The molecule has 0 heterocycles. The molecule has 3 unspecified atom stereocenters. The second-order valence-electron chi connectivity index (χ2n) is 4.70. The Kier molecular flexibility index (Phi) is 7.88. The molecule has 0 saturated heterocycles. The summed E-state index contributed by atoms with van der Waals surface area (Å²) in [5.41, 5.74) is -0.972. The number of hydrogen-bond acceptors (Lipinski definition) is 4. The summed E-state index contributed by atoms with van der Waals surface area (Å²) in [6.07, 6.45) is 3.94. The first-order valence-corrected chi connectivity index (χ1v) is 7.70. The Balaban J connectivity index is 4.61. The van der Waals surface area contributed by atoms with Crippen LogP contribution in [0.5, 0.6) is 0 Å². The van der Waals surface area contributed by atoms with Crippen LogP contribution in [0.3, 0.4) is 0 Å². The molecule has 3 nitrogen and oxygen atoms in total. The van der Waals surface area contributed by atoms with Gasteiger partial charge in [0.15, 0.2) is 0 Å². The molecule has 0 radical (unpaired) electrons. The Hall–Kier alpha value is -0.220. The quantitative estimate of drug-likeness (QED) is 0.683. The molecule has 0 aliphatic heterocycles. The minimum atomic E-state index is -0.972. The van der Waals surface area contributed by atoms with Crippen molar-refractivity contribution >= 4 is 17.7 Å². The zero-order valence-electron chi connectivity index (χ0n) is 11.7. The molecule has 0 aromatic heterocycles. The Morgan fingerprint density at radius 2 is 2.06 bits per heavy atom. The van der Waals surface area contributed by atoms with Crippen LogP contribution in [-0.4, -0.2) is 34.8 Å². The van der Waals surface area contributed by atoms with E-state index in [0.717, 1.165) is 12.2 Å². The molecule has 0 fully saturated rings. The predicted molar refractivity (Wildman–Crippen MR) is 73.2 cm³/mol. The van der Waals surface area contributed by atoms with E-state index in [1.54, 1.807) is 18.7 Å². The van der Waals surface area contributed by atoms with Gasteiger partial charge in [-0.15, -0.1) is 0 Å². The summed E-state index contributed by atoms with van der Waals surface area (Å²) in [5.74, 6) is 0.172. The van der Waals surface area contributed by atoms with Gasteiger partial charge in [-0.05, 0) is 45.1 Å². The number of thioether (sulfide) groups is 1. The Morgan fingerprint density at radius 1 is 1.47 bits per heavy atom. The van der Waals surface area contributed by atoms with Crippen molar-refractivity contribution in [1.82, 2.24) is 0 Å². The average molecular weight is 262 g/mol. The maximum Gasteiger partial charge on any atom is 0.312 e. The molecule has 0 aromatic carbocycles. The number of carbonyl (C=O) groups excluding carboxylic acids is 1. The van der Waals surface area contributed by atoms with Gasteiger partial charge in [0.2, 0.25) is 0 Å². The number of ether oxygens (including phenoxy) is 1. The normalized spacial score (nSPS) is 18.2. The standard InChI is InChI=1S/C13H26O3S/c1-6-10(3)16-12(14)11(8-9-17-5)13(4,15)7-2/h10-11,15H,6-9H2,1-5H3. The van der Waals surface area contributed by atoms with Crippen molar-refractivity contribution in [2.45, 2.75) is 58.7 Å². The summed E-state index contributed by atoms with van der Waals surface area (Å²) in [5, 5.41) is 10.3. The molecule has 0 aliphatic rings. The number of hydrogen-bond donors (Lipinski definition) is 1. The molecule has 0 rings (SSSR count). The lowest BCUT2D eigenvalue weighted by Crippen LogP contribution is -2.41.